The van der Waals surface area contributed by atoms with Crippen molar-refractivity contribution < 1.29 is 0 Å². The summed E-state index contributed by atoms with van der Waals surface area (Å²) in [6.45, 7) is 0. The number of alkyl halides is 1. The minimum Gasteiger partial charge on any atom is -0.127 e. The molecule has 0 radical (unpaired) electrons. The smallest absolute Gasteiger partial charge is 0.127 e. The molecule has 0 N–H and O–H groups in total. The number of fused-ring (bicyclic) bond motifs is 2. The van der Waals surface area contributed by atoms with E-state index in [1.54, 1.807) is 9.79 Å². The van der Waals surface area contributed by atoms with Gasteiger partial charge in [-0.2, -0.15) is 0 Å². The summed E-state index contributed by atoms with van der Waals surface area (Å²) < 4.78 is 0. The minimum absolute atomic E-state index is 0.246. The van der Waals surface area contributed by atoms with E-state index in [4.69, 9.17) is 11.6 Å². The van der Waals surface area contributed by atoms with Crippen molar-refractivity contribution in [1.82, 2.24) is 0 Å². The van der Waals surface area contributed by atoms with Crippen LogP contribution in [0.1, 0.15) is 25.7 Å². The van der Waals surface area contributed by atoms with Crippen LogP contribution in [0.5, 0.6) is 0 Å². The summed E-state index contributed by atoms with van der Waals surface area (Å²) in [4.78, 5) is 5.97. The fourth-order valence-corrected chi connectivity index (χ4v) is 6.81. The fourth-order valence-electron chi connectivity index (χ4n) is 2.63. The van der Waals surface area contributed by atoms with Crippen LogP contribution in [0.4, 0.5) is 0 Å². The summed E-state index contributed by atoms with van der Waals surface area (Å²) in [5.41, 5.74) is 0. The van der Waals surface area contributed by atoms with E-state index in [9.17, 15) is 0 Å². The molecule has 3 rings (SSSR count). The summed E-state index contributed by atoms with van der Waals surface area (Å²) >= 11 is 7.69. The van der Waals surface area contributed by atoms with Gasteiger partial charge in [0.1, 0.15) is 5.75 Å². The Bertz CT molecular complexity index is 552. The number of rotatable bonds is 6. The average Bonchev–Trinajstić information content (AvgIpc) is 2.53. The van der Waals surface area contributed by atoms with Crippen LogP contribution in [-0.2, 0) is 10.9 Å². The largest absolute Gasteiger partial charge is 0.174 e. The summed E-state index contributed by atoms with van der Waals surface area (Å²) in [7, 11) is 0.246. The quantitative estimate of drug-likeness (QED) is 0.355. The maximum Gasteiger partial charge on any atom is 0.174 e. The van der Waals surface area contributed by atoms with Gasteiger partial charge in [0.05, 0.1) is 20.7 Å². The third kappa shape index (κ3) is 3.61. The average molecular weight is 336 g/mol. The van der Waals surface area contributed by atoms with Crippen molar-refractivity contribution in [1.29, 1.82) is 0 Å². The van der Waals surface area contributed by atoms with E-state index >= 15 is 0 Å². The van der Waals surface area contributed by atoms with Crippen LogP contribution in [0, 0.1) is 0 Å². The number of hydrogen-bond donors (Lipinski definition) is 0. The van der Waals surface area contributed by atoms with Crippen LogP contribution < -0.4 is 0 Å². The molecule has 2 aromatic carbocycles. The van der Waals surface area contributed by atoms with Crippen molar-refractivity contribution in [3.05, 3.63) is 48.5 Å². The first-order valence-electron chi connectivity index (χ1n) is 7.53. The van der Waals surface area contributed by atoms with Gasteiger partial charge in [0.2, 0.25) is 0 Å². The zero-order valence-electron chi connectivity index (χ0n) is 12.1. The summed E-state index contributed by atoms with van der Waals surface area (Å²) in [5.74, 6) is 2.07. The first-order valence-corrected chi connectivity index (χ1v) is 10.3. The van der Waals surface area contributed by atoms with Gasteiger partial charge in [0, 0.05) is 5.88 Å². The van der Waals surface area contributed by atoms with Gasteiger partial charge in [-0.15, -0.1) is 11.6 Å². The van der Waals surface area contributed by atoms with Gasteiger partial charge in [0.25, 0.3) is 0 Å². The molecule has 1 aliphatic heterocycles. The highest BCUT2D eigenvalue weighted by Gasteiger charge is 2.34. The standard InChI is InChI=1S/C18H20ClS2/c19-13-7-1-2-8-14-21-17-11-5-3-9-15(17)20-16-10-4-6-12-18(16)21/h3-6,9-12H,1-2,7-8,13-14H2/q+1. The van der Waals surface area contributed by atoms with E-state index < -0.39 is 0 Å². The number of hydrogen-bond acceptors (Lipinski definition) is 1. The van der Waals surface area contributed by atoms with Crippen molar-refractivity contribution in [3.63, 3.8) is 0 Å². The van der Waals surface area contributed by atoms with Gasteiger partial charge < -0.3 is 0 Å². The molecular weight excluding hydrogens is 316 g/mol. The highest BCUT2D eigenvalue weighted by molar-refractivity contribution is 8.04. The van der Waals surface area contributed by atoms with Crippen molar-refractivity contribution in [2.75, 3.05) is 11.6 Å². The molecule has 0 bridgehead atoms. The zero-order chi connectivity index (χ0) is 14.5. The summed E-state index contributed by atoms with van der Waals surface area (Å²) in [5, 5.41) is 0. The molecular formula is C18H20ClS2+. The highest BCUT2D eigenvalue weighted by Crippen LogP contribution is 2.45. The molecule has 1 heterocycles. The third-order valence-electron chi connectivity index (χ3n) is 3.68. The lowest BCUT2D eigenvalue weighted by Crippen LogP contribution is -2.14. The molecule has 0 aliphatic carbocycles. The monoisotopic (exact) mass is 335 g/mol. The second kappa shape index (κ2) is 7.62. The maximum atomic E-state index is 5.76. The van der Waals surface area contributed by atoms with Crippen molar-refractivity contribution in [2.24, 2.45) is 0 Å². The first-order chi connectivity index (χ1) is 10.4. The van der Waals surface area contributed by atoms with Gasteiger partial charge in [0.15, 0.2) is 9.79 Å². The lowest BCUT2D eigenvalue weighted by Gasteiger charge is -2.19. The minimum atomic E-state index is 0.246. The molecule has 1 aliphatic rings. The molecule has 0 saturated heterocycles. The van der Waals surface area contributed by atoms with Crippen LogP contribution in [0.25, 0.3) is 0 Å². The molecule has 0 spiro atoms. The molecule has 2 aromatic rings. The van der Waals surface area contributed by atoms with E-state index in [1.807, 2.05) is 11.8 Å². The topological polar surface area (TPSA) is 0 Å². The molecule has 0 saturated carbocycles. The Kier molecular flexibility index (Phi) is 5.56. The van der Waals surface area contributed by atoms with Gasteiger partial charge in [-0.25, -0.2) is 0 Å². The molecule has 0 aromatic heterocycles. The zero-order valence-corrected chi connectivity index (χ0v) is 14.4. The van der Waals surface area contributed by atoms with Gasteiger partial charge in [-0.05, 0) is 43.5 Å². The van der Waals surface area contributed by atoms with Gasteiger partial charge >= 0.3 is 0 Å². The Hall–Kier alpha value is -0.570. The Labute approximate surface area is 139 Å². The first kappa shape index (κ1) is 15.3. The van der Waals surface area contributed by atoms with Crippen molar-refractivity contribution in [2.45, 2.75) is 45.3 Å². The lowest BCUT2D eigenvalue weighted by atomic mass is 10.2. The van der Waals surface area contributed by atoms with Crippen LogP contribution in [0.2, 0.25) is 0 Å². The van der Waals surface area contributed by atoms with E-state index in [1.165, 1.54) is 34.8 Å². The van der Waals surface area contributed by atoms with Crippen LogP contribution >= 0.6 is 23.4 Å². The highest BCUT2D eigenvalue weighted by atomic mass is 35.5. The van der Waals surface area contributed by atoms with Crippen LogP contribution in [-0.4, -0.2) is 11.6 Å². The molecule has 3 heteroatoms. The summed E-state index contributed by atoms with van der Waals surface area (Å²) in [6, 6.07) is 17.8. The number of halogens is 1. The maximum absolute atomic E-state index is 5.76. The number of benzene rings is 2. The van der Waals surface area contributed by atoms with Crippen LogP contribution in [0.15, 0.2) is 68.1 Å². The van der Waals surface area contributed by atoms with E-state index in [2.05, 4.69) is 48.5 Å². The lowest BCUT2D eigenvalue weighted by molar-refractivity contribution is 0.707. The van der Waals surface area contributed by atoms with Gasteiger partial charge in [-0.3, -0.25) is 0 Å². The molecule has 0 unspecified atom stereocenters. The van der Waals surface area contributed by atoms with E-state index in [0.29, 0.717) is 0 Å². The van der Waals surface area contributed by atoms with Gasteiger partial charge in [-0.1, -0.05) is 42.4 Å². The van der Waals surface area contributed by atoms with Crippen LogP contribution in [0.3, 0.4) is 0 Å². The molecule has 0 nitrogen and oxygen atoms in total. The normalized spacial score (nSPS) is 13.8. The molecule has 0 atom stereocenters. The molecule has 0 amide bonds. The predicted octanol–water partition coefficient (Wildman–Crippen LogP) is 5.99. The predicted molar refractivity (Wildman–Crippen MR) is 95.0 cm³/mol. The van der Waals surface area contributed by atoms with E-state index in [-0.39, 0.29) is 10.9 Å². The molecule has 0 fully saturated rings. The molecule has 110 valence electrons. The summed E-state index contributed by atoms with van der Waals surface area (Å²) in [6.07, 6.45) is 5.01. The Morgan fingerprint density at radius 2 is 1.33 bits per heavy atom. The fraction of sp³-hybridized carbons (Fsp3) is 0.333. The SMILES string of the molecule is ClCCCCCC[S+]1c2ccccc2Sc2ccccc21. The third-order valence-corrected chi connectivity index (χ3v) is 7.83. The molecule has 21 heavy (non-hydrogen) atoms. The number of unbranched alkanes of at least 4 members (excludes halogenated alkanes) is 3. The van der Waals surface area contributed by atoms with E-state index in [0.717, 1.165) is 12.3 Å². The Morgan fingerprint density at radius 3 is 1.95 bits per heavy atom. The second-order valence-electron chi connectivity index (χ2n) is 5.19. The Balaban J connectivity index is 1.78. The van der Waals surface area contributed by atoms with Crippen molar-refractivity contribution >= 4 is 34.3 Å². The Morgan fingerprint density at radius 1 is 0.762 bits per heavy atom. The second-order valence-corrected chi connectivity index (χ2v) is 8.72. The van der Waals surface area contributed by atoms with Crippen molar-refractivity contribution in [3.8, 4) is 0 Å².